The average Bonchev–Trinajstić information content (AvgIpc) is 3.18. The second kappa shape index (κ2) is 7.10. The Balaban J connectivity index is 1.74. The van der Waals surface area contributed by atoms with Crippen LogP contribution < -0.4 is 5.76 Å². The Morgan fingerprint density at radius 3 is 2.59 bits per heavy atom. The maximum atomic E-state index is 13.3. The minimum Gasteiger partial charge on any atom is -0.460 e. The number of nitrogens with zero attached hydrogens (tertiary/aromatic N) is 1. The van der Waals surface area contributed by atoms with E-state index in [4.69, 9.17) is 48.7 Å². The Hall–Kier alpha value is -1.02. The molecule has 1 aromatic rings. The lowest BCUT2D eigenvalue weighted by Gasteiger charge is -2.40. The van der Waals surface area contributed by atoms with Gasteiger partial charge < -0.3 is 13.9 Å². The molecule has 10 heteroatoms. The van der Waals surface area contributed by atoms with Crippen LogP contribution in [-0.2, 0) is 14.3 Å². The average molecular weight is 441 g/mol. The molecule has 2 bridgehead atoms. The molecule has 150 valence electrons. The number of fused-ring (bicyclic) bond motifs is 2. The Kier molecular flexibility index (Phi) is 5.45. The molecule has 2 fully saturated rings. The van der Waals surface area contributed by atoms with Crippen LogP contribution in [0, 0.1) is 16.7 Å². The summed E-state index contributed by atoms with van der Waals surface area (Å²) in [6, 6.07) is 0. The van der Waals surface area contributed by atoms with Crippen molar-refractivity contribution in [2.45, 2.75) is 43.0 Å². The molecule has 1 aromatic heterocycles. The van der Waals surface area contributed by atoms with Gasteiger partial charge in [0.05, 0.1) is 24.3 Å². The topological polar surface area (TPSA) is 87.7 Å². The number of aromatic nitrogens is 1. The van der Waals surface area contributed by atoms with Gasteiger partial charge in [0.15, 0.2) is 0 Å². The van der Waals surface area contributed by atoms with Crippen LogP contribution in [0.2, 0.25) is 0 Å². The molecule has 0 aliphatic heterocycles. The lowest BCUT2D eigenvalue weighted by molar-refractivity contribution is -0.145. The summed E-state index contributed by atoms with van der Waals surface area (Å²) in [6.07, 6.45) is 4.29. The summed E-state index contributed by atoms with van der Waals surface area (Å²) in [4.78, 5) is 36.6. The summed E-state index contributed by atoms with van der Waals surface area (Å²) in [5.41, 5.74) is -1.20. The van der Waals surface area contributed by atoms with Crippen molar-refractivity contribution >= 4 is 46.7 Å². The first-order valence-electron chi connectivity index (χ1n) is 8.58. The number of carbonyl (C=O) groups excluding carboxylic acids is 2. The van der Waals surface area contributed by atoms with E-state index in [-0.39, 0.29) is 30.5 Å². The summed E-state index contributed by atoms with van der Waals surface area (Å²) < 4.78 is 14.4. The van der Waals surface area contributed by atoms with Crippen molar-refractivity contribution in [3.63, 3.8) is 0 Å². The number of alkyl halides is 3. The van der Waals surface area contributed by atoms with Gasteiger partial charge in [-0.3, -0.25) is 4.79 Å². The van der Waals surface area contributed by atoms with Gasteiger partial charge in [-0.05, 0) is 30.6 Å². The van der Waals surface area contributed by atoms with Crippen molar-refractivity contribution in [2.75, 3.05) is 13.2 Å². The highest BCUT2D eigenvalue weighted by Gasteiger charge is 2.69. The van der Waals surface area contributed by atoms with Gasteiger partial charge in [-0.1, -0.05) is 48.7 Å². The number of hydrogen-bond donors (Lipinski definition) is 0. The van der Waals surface area contributed by atoms with E-state index in [1.807, 2.05) is 13.8 Å². The summed E-state index contributed by atoms with van der Waals surface area (Å²) in [7, 11) is 0. The quantitative estimate of drug-likeness (QED) is 0.397. The minimum absolute atomic E-state index is 0.0509. The fourth-order valence-corrected chi connectivity index (χ4v) is 4.83. The van der Waals surface area contributed by atoms with Crippen LogP contribution in [0.25, 0.3) is 0 Å². The Labute approximate surface area is 170 Å². The first-order valence-corrected chi connectivity index (χ1v) is 9.71. The molecule has 3 rings (SSSR count). The summed E-state index contributed by atoms with van der Waals surface area (Å²) in [6.45, 7) is 4.00. The van der Waals surface area contributed by atoms with Gasteiger partial charge in [-0.25, -0.2) is 14.2 Å². The molecule has 0 unspecified atom stereocenters. The summed E-state index contributed by atoms with van der Waals surface area (Å²) >= 11 is 16.3. The maximum absolute atomic E-state index is 13.3. The van der Waals surface area contributed by atoms with Gasteiger partial charge in [0.2, 0.25) is 5.91 Å². The highest BCUT2D eigenvalue weighted by atomic mass is 35.6. The third-order valence-corrected chi connectivity index (χ3v) is 6.61. The molecule has 2 aliphatic rings. The number of esters is 1. The van der Waals surface area contributed by atoms with Crippen molar-refractivity contribution in [3.8, 4) is 0 Å². The van der Waals surface area contributed by atoms with Crippen LogP contribution >= 0.6 is 34.8 Å². The molecular formula is C17H20Cl3NO6. The molecule has 27 heavy (non-hydrogen) atoms. The van der Waals surface area contributed by atoms with E-state index in [1.165, 1.54) is 12.5 Å². The maximum Gasteiger partial charge on any atom is 0.425 e. The van der Waals surface area contributed by atoms with Crippen LogP contribution in [0.15, 0.2) is 21.7 Å². The Morgan fingerprint density at radius 2 is 2.04 bits per heavy atom. The minimum atomic E-state index is -2.14. The predicted molar refractivity (Wildman–Crippen MR) is 98.1 cm³/mol. The van der Waals surface area contributed by atoms with Gasteiger partial charge in [-0.2, -0.15) is 0 Å². The van der Waals surface area contributed by atoms with Crippen molar-refractivity contribution < 1.29 is 23.5 Å². The van der Waals surface area contributed by atoms with E-state index < -0.39 is 27.0 Å². The molecule has 0 saturated heterocycles. The number of hydrogen-bond acceptors (Lipinski definition) is 6. The second-order valence-electron chi connectivity index (χ2n) is 7.50. The number of ether oxygens (including phenoxy) is 2. The van der Waals surface area contributed by atoms with Crippen LogP contribution in [0.1, 0.15) is 37.9 Å². The normalized spacial score (nSPS) is 29.1. The van der Waals surface area contributed by atoms with Crippen molar-refractivity contribution in [2.24, 2.45) is 16.7 Å². The van der Waals surface area contributed by atoms with Crippen LogP contribution in [0.3, 0.4) is 0 Å². The fourth-order valence-electron chi connectivity index (χ4n) is 4.67. The van der Waals surface area contributed by atoms with E-state index in [2.05, 4.69) is 0 Å². The fraction of sp³-hybridized carbons (Fsp3) is 0.706. The van der Waals surface area contributed by atoms with Gasteiger partial charge in [0.1, 0.15) is 12.9 Å². The van der Waals surface area contributed by atoms with Gasteiger partial charge in [-0.15, -0.1) is 0 Å². The zero-order chi connectivity index (χ0) is 20.0. The zero-order valence-electron chi connectivity index (χ0n) is 14.9. The second-order valence-corrected chi connectivity index (χ2v) is 9.78. The van der Waals surface area contributed by atoms with Crippen molar-refractivity contribution in [1.82, 2.24) is 4.57 Å². The van der Waals surface area contributed by atoms with E-state index in [9.17, 15) is 14.4 Å². The molecule has 0 N–H and O–H groups in total. The lowest BCUT2D eigenvalue weighted by Crippen LogP contribution is -2.51. The molecule has 0 spiro atoms. The molecule has 3 atom stereocenters. The first-order chi connectivity index (χ1) is 12.5. The van der Waals surface area contributed by atoms with E-state index >= 15 is 0 Å². The van der Waals surface area contributed by atoms with E-state index in [0.717, 1.165) is 11.0 Å². The molecular weight excluding hydrogens is 421 g/mol. The molecule has 7 nitrogen and oxygen atoms in total. The Bertz CT molecular complexity index is 795. The molecule has 0 radical (unpaired) electrons. The van der Waals surface area contributed by atoms with E-state index in [0.29, 0.717) is 12.8 Å². The van der Waals surface area contributed by atoms with Crippen LogP contribution in [0.5, 0.6) is 0 Å². The molecule has 1 heterocycles. The largest absolute Gasteiger partial charge is 0.460 e. The third kappa shape index (κ3) is 3.33. The van der Waals surface area contributed by atoms with Gasteiger partial charge in [0.25, 0.3) is 3.79 Å². The first kappa shape index (κ1) is 20.7. The predicted octanol–water partition coefficient (Wildman–Crippen LogP) is 3.21. The highest BCUT2D eigenvalue weighted by Crippen LogP contribution is 2.67. The highest BCUT2D eigenvalue weighted by molar-refractivity contribution is 6.75. The van der Waals surface area contributed by atoms with Crippen molar-refractivity contribution in [1.29, 1.82) is 0 Å². The van der Waals surface area contributed by atoms with E-state index in [1.54, 1.807) is 0 Å². The van der Waals surface area contributed by atoms with Crippen LogP contribution in [-0.4, -0.2) is 39.6 Å². The van der Waals surface area contributed by atoms with Gasteiger partial charge in [0, 0.05) is 0 Å². The van der Waals surface area contributed by atoms with Gasteiger partial charge >= 0.3 is 11.7 Å². The molecule has 2 saturated carbocycles. The van der Waals surface area contributed by atoms with Crippen molar-refractivity contribution in [3.05, 3.63) is 23.0 Å². The number of rotatable bonds is 5. The molecule has 0 aromatic carbocycles. The smallest absolute Gasteiger partial charge is 0.425 e. The SMILES string of the molecule is CC1(C)[C@@H]2CC[C@@]1(C(=O)n1ccoc1=O)[C@H](OCCOC(=O)C(Cl)(Cl)Cl)C2. The number of carbonyl (C=O) groups is 2. The van der Waals surface area contributed by atoms with Crippen LogP contribution in [0.4, 0.5) is 0 Å². The third-order valence-electron chi connectivity index (χ3n) is 6.15. The summed E-state index contributed by atoms with van der Waals surface area (Å²) in [5, 5.41) is 0. The standard InChI is InChI=1S/C17H20Cl3NO6/c1-15(2)10-3-4-16(15,12(22)21-5-6-27-14(21)24)11(9-10)25-7-8-26-13(23)17(18,19)20/h5-6,10-11H,3-4,7-9H2,1-2H3/t10-,11-,16+/m1/s1. The number of halogens is 3. The molecule has 2 aliphatic carbocycles. The molecule has 0 amide bonds. The monoisotopic (exact) mass is 439 g/mol. The Morgan fingerprint density at radius 1 is 1.33 bits per heavy atom. The summed E-state index contributed by atoms with van der Waals surface area (Å²) in [5.74, 6) is -1.73. The lowest BCUT2D eigenvalue weighted by atomic mass is 9.67. The zero-order valence-corrected chi connectivity index (χ0v) is 17.1. The number of oxazole rings is 1.